The zero-order valence-electron chi connectivity index (χ0n) is 11.5. The summed E-state index contributed by atoms with van der Waals surface area (Å²) in [7, 11) is 0. The molecule has 5 heteroatoms. The molecule has 2 amide bonds. The van der Waals surface area contributed by atoms with Gasteiger partial charge < -0.3 is 15.7 Å². The number of carbonyl (C=O) groups is 2. The maximum atomic E-state index is 11.7. The van der Waals surface area contributed by atoms with E-state index in [1.54, 1.807) is 24.3 Å². The van der Waals surface area contributed by atoms with Crippen molar-refractivity contribution in [3.63, 3.8) is 0 Å². The molecule has 2 rings (SSSR count). The van der Waals surface area contributed by atoms with Gasteiger partial charge in [0.25, 0.3) is 0 Å². The normalized spacial score (nSPS) is 19.6. The number of amides is 2. The monoisotopic (exact) mass is 274 g/mol. The van der Waals surface area contributed by atoms with Crippen LogP contribution in [-0.2, 0) is 4.79 Å². The molecule has 0 spiro atoms. The molecule has 3 N–H and O–H groups in total. The number of carboxylic acids is 1. The molecule has 1 aromatic rings. The van der Waals surface area contributed by atoms with Crippen LogP contribution in [0.25, 0.3) is 6.08 Å². The van der Waals surface area contributed by atoms with Gasteiger partial charge in [-0.15, -0.1) is 0 Å². The van der Waals surface area contributed by atoms with E-state index in [-0.39, 0.29) is 17.5 Å². The molecule has 20 heavy (non-hydrogen) atoms. The smallest absolute Gasteiger partial charge is 0.328 e. The summed E-state index contributed by atoms with van der Waals surface area (Å²) in [6.45, 7) is 4.23. The number of benzene rings is 1. The SMILES string of the molecule is CC1(C)CC1NC(=O)Nc1ccc(C=CC(=O)O)cc1. The van der Waals surface area contributed by atoms with Crippen LogP contribution >= 0.6 is 0 Å². The Morgan fingerprint density at radius 3 is 2.40 bits per heavy atom. The quantitative estimate of drug-likeness (QED) is 0.739. The van der Waals surface area contributed by atoms with Crippen LogP contribution in [0.5, 0.6) is 0 Å². The van der Waals surface area contributed by atoms with Gasteiger partial charge in [-0.3, -0.25) is 0 Å². The molecule has 1 unspecified atom stereocenters. The van der Waals surface area contributed by atoms with Crippen LogP contribution in [0.15, 0.2) is 30.3 Å². The van der Waals surface area contributed by atoms with Crippen molar-refractivity contribution in [2.24, 2.45) is 5.41 Å². The standard InChI is InChI=1S/C15H18N2O3/c1-15(2)9-12(15)17-14(20)16-11-6-3-10(4-7-11)5-8-13(18)19/h3-8,12H,9H2,1-2H3,(H,18,19)(H2,16,17,20). The van der Waals surface area contributed by atoms with Gasteiger partial charge in [0.15, 0.2) is 0 Å². The number of rotatable bonds is 4. The second kappa shape index (κ2) is 5.36. The van der Waals surface area contributed by atoms with E-state index < -0.39 is 5.97 Å². The van der Waals surface area contributed by atoms with Gasteiger partial charge in [-0.1, -0.05) is 26.0 Å². The van der Waals surface area contributed by atoms with E-state index in [0.717, 1.165) is 18.1 Å². The van der Waals surface area contributed by atoms with Crippen molar-refractivity contribution in [1.29, 1.82) is 0 Å². The minimum absolute atomic E-state index is 0.197. The Labute approximate surface area is 117 Å². The Bertz CT molecular complexity index is 547. The Morgan fingerprint density at radius 1 is 1.30 bits per heavy atom. The first-order valence-corrected chi connectivity index (χ1v) is 6.45. The first-order chi connectivity index (χ1) is 9.37. The summed E-state index contributed by atoms with van der Waals surface area (Å²) in [6, 6.07) is 6.99. The number of carboxylic acid groups (broad SMARTS) is 1. The minimum atomic E-state index is -0.987. The lowest BCUT2D eigenvalue weighted by molar-refractivity contribution is -0.131. The molecule has 1 saturated carbocycles. The summed E-state index contributed by atoms with van der Waals surface area (Å²) in [5.41, 5.74) is 1.64. The van der Waals surface area contributed by atoms with Crippen molar-refractivity contribution in [2.45, 2.75) is 26.3 Å². The number of hydrogen-bond donors (Lipinski definition) is 3. The molecular weight excluding hydrogens is 256 g/mol. The van der Waals surface area contributed by atoms with Gasteiger partial charge in [0, 0.05) is 17.8 Å². The largest absolute Gasteiger partial charge is 0.478 e. The summed E-state index contributed by atoms with van der Waals surface area (Å²) in [4.78, 5) is 22.1. The summed E-state index contributed by atoms with van der Waals surface area (Å²) in [6.07, 6.45) is 3.57. The van der Waals surface area contributed by atoms with E-state index in [0.29, 0.717) is 5.69 Å². The average molecular weight is 274 g/mol. The first kappa shape index (κ1) is 14.1. The lowest BCUT2D eigenvalue weighted by atomic mass is 10.2. The van der Waals surface area contributed by atoms with E-state index in [4.69, 9.17) is 5.11 Å². The molecular formula is C15H18N2O3. The van der Waals surface area contributed by atoms with Crippen molar-refractivity contribution in [2.75, 3.05) is 5.32 Å². The molecule has 1 aromatic carbocycles. The number of hydrogen-bond acceptors (Lipinski definition) is 2. The highest BCUT2D eigenvalue weighted by atomic mass is 16.4. The maximum absolute atomic E-state index is 11.7. The summed E-state index contributed by atoms with van der Waals surface area (Å²) < 4.78 is 0. The highest BCUT2D eigenvalue weighted by molar-refractivity contribution is 5.90. The van der Waals surface area contributed by atoms with Crippen LogP contribution in [0, 0.1) is 5.41 Å². The van der Waals surface area contributed by atoms with Crippen LogP contribution in [0.4, 0.5) is 10.5 Å². The molecule has 0 bridgehead atoms. The Balaban J connectivity index is 1.87. The fourth-order valence-electron chi connectivity index (χ4n) is 1.88. The minimum Gasteiger partial charge on any atom is -0.478 e. The molecule has 0 radical (unpaired) electrons. The summed E-state index contributed by atoms with van der Waals surface area (Å²) in [5, 5.41) is 14.2. The third-order valence-electron chi connectivity index (χ3n) is 3.41. The van der Waals surface area contributed by atoms with E-state index in [9.17, 15) is 9.59 Å². The van der Waals surface area contributed by atoms with E-state index in [2.05, 4.69) is 24.5 Å². The van der Waals surface area contributed by atoms with Crippen LogP contribution in [0.1, 0.15) is 25.8 Å². The molecule has 0 heterocycles. The third kappa shape index (κ3) is 3.85. The zero-order valence-corrected chi connectivity index (χ0v) is 11.5. The molecule has 106 valence electrons. The highest BCUT2D eigenvalue weighted by Crippen LogP contribution is 2.44. The van der Waals surface area contributed by atoms with Gasteiger partial charge in [-0.2, -0.15) is 0 Å². The van der Waals surface area contributed by atoms with Crippen molar-refractivity contribution < 1.29 is 14.7 Å². The Morgan fingerprint density at radius 2 is 1.90 bits per heavy atom. The van der Waals surface area contributed by atoms with Gasteiger partial charge in [-0.25, -0.2) is 9.59 Å². The molecule has 1 atom stereocenters. The van der Waals surface area contributed by atoms with Crippen LogP contribution < -0.4 is 10.6 Å². The van der Waals surface area contributed by atoms with Crippen LogP contribution in [-0.4, -0.2) is 23.1 Å². The number of aliphatic carboxylic acids is 1. The highest BCUT2D eigenvalue weighted by Gasteiger charge is 2.46. The predicted octanol–water partition coefficient (Wildman–Crippen LogP) is 2.70. The third-order valence-corrected chi connectivity index (χ3v) is 3.41. The molecule has 0 saturated heterocycles. The molecule has 1 aliphatic carbocycles. The van der Waals surface area contributed by atoms with E-state index in [1.807, 2.05) is 0 Å². The molecule has 1 aliphatic rings. The second-order valence-corrected chi connectivity index (χ2v) is 5.64. The predicted molar refractivity (Wildman–Crippen MR) is 77.5 cm³/mol. The molecule has 0 aromatic heterocycles. The maximum Gasteiger partial charge on any atom is 0.328 e. The number of anilines is 1. The van der Waals surface area contributed by atoms with Crippen LogP contribution in [0.2, 0.25) is 0 Å². The van der Waals surface area contributed by atoms with Crippen molar-refractivity contribution in [1.82, 2.24) is 5.32 Å². The number of nitrogens with one attached hydrogen (secondary N) is 2. The van der Waals surface area contributed by atoms with Crippen LogP contribution in [0.3, 0.4) is 0 Å². The average Bonchev–Trinajstić information content (AvgIpc) is 2.95. The number of urea groups is 1. The summed E-state index contributed by atoms with van der Waals surface area (Å²) in [5.74, 6) is -0.987. The summed E-state index contributed by atoms with van der Waals surface area (Å²) >= 11 is 0. The molecule has 1 fully saturated rings. The lowest BCUT2D eigenvalue weighted by Gasteiger charge is -2.09. The Kier molecular flexibility index (Phi) is 3.79. The topological polar surface area (TPSA) is 78.4 Å². The van der Waals surface area contributed by atoms with E-state index >= 15 is 0 Å². The zero-order chi connectivity index (χ0) is 14.8. The molecule has 0 aliphatic heterocycles. The fourth-order valence-corrected chi connectivity index (χ4v) is 1.88. The van der Waals surface area contributed by atoms with Gasteiger partial charge in [0.2, 0.25) is 0 Å². The molecule has 5 nitrogen and oxygen atoms in total. The fraction of sp³-hybridized carbons (Fsp3) is 0.333. The van der Waals surface area contributed by atoms with Crippen molar-refractivity contribution in [3.05, 3.63) is 35.9 Å². The van der Waals surface area contributed by atoms with E-state index in [1.165, 1.54) is 6.08 Å². The first-order valence-electron chi connectivity index (χ1n) is 6.45. The number of carbonyl (C=O) groups excluding carboxylic acids is 1. The van der Waals surface area contributed by atoms with Gasteiger partial charge in [-0.05, 0) is 35.6 Å². The van der Waals surface area contributed by atoms with Gasteiger partial charge in [0.1, 0.15) is 0 Å². The van der Waals surface area contributed by atoms with Crippen molar-refractivity contribution >= 4 is 23.8 Å². The Hall–Kier alpha value is -2.30. The second-order valence-electron chi connectivity index (χ2n) is 5.64. The lowest BCUT2D eigenvalue weighted by Crippen LogP contribution is -2.32. The van der Waals surface area contributed by atoms with Gasteiger partial charge in [0.05, 0.1) is 0 Å². The van der Waals surface area contributed by atoms with Gasteiger partial charge >= 0.3 is 12.0 Å². The van der Waals surface area contributed by atoms with Crippen molar-refractivity contribution in [3.8, 4) is 0 Å².